The summed E-state index contributed by atoms with van der Waals surface area (Å²) in [6.45, 7) is 5.57. The quantitative estimate of drug-likeness (QED) is 0.597. The number of nitrogens with zero attached hydrogens (tertiary/aromatic N) is 3. The second kappa shape index (κ2) is 7.43. The van der Waals surface area contributed by atoms with E-state index >= 15 is 0 Å². The van der Waals surface area contributed by atoms with Gasteiger partial charge in [0.15, 0.2) is 0 Å². The molecule has 1 unspecified atom stereocenters. The summed E-state index contributed by atoms with van der Waals surface area (Å²) in [5, 5.41) is 11.6. The Morgan fingerprint density at radius 3 is 2.48 bits per heavy atom. The number of hydrogen-bond donors (Lipinski definition) is 1. The van der Waals surface area contributed by atoms with E-state index < -0.39 is 26.5 Å². The number of amides is 1. The van der Waals surface area contributed by atoms with E-state index in [0.29, 0.717) is 13.0 Å². The second-order valence-corrected chi connectivity index (χ2v) is 9.53. The van der Waals surface area contributed by atoms with E-state index in [2.05, 4.69) is 4.72 Å². The Morgan fingerprint density at radius 1 is 1.33 bits per heavy atom. The van der Waals surface area contributed by atoms with Crippen molar-refractivity contribution in [1.82, 2.24) is 9.62 Å². The highest BCUT2D eigenvalue weighted by Crippen LogP contribution is 2.35. The van der Waals surface area contributed by atoms with Crippen molar-refractivity contribution in [2.24, 2.45) is 0 Å². The topological polar surface area (TPSA) is 113 Å². The molecule has 2 rings (SSSR count). The van der Waals surface area contributed by atoms with Gasteiger partial charge in [-0.2, -0.15) is 0 Å². The number of nitrogens with one attached hydrogen (secondary N) is 1. The standard InChI is InChI=1S/C17H26N4O5S/c1-17(2,3)18-27(25,26)12-8-9-13(15(11-12)21(23)24)20-10-6-7-14(20)16(22)19(4)5/h8-9,11,14,18H,6-7,10H2,1-5H3. The summed E-state index contributed by atoms with van der Waals surface area (Å²) in [6.07, 6.45) is 1.33. The summed E-state index contributed by atoms with van der Waals surface area (Å²) < 4.78 is 27.5. The number of sulfonamides is 1. The molecule has 1 aliphatic heterocycles. The van der Waals surface area contributed by atoms with Crippen molar-refractivity contribution in [3.8, 4) is 0 Å². The number of carbonyl (C=O) groups is 1. The van der Waals surface area contributed by atoms with Gasteiger partial charge in [0.2, 0.25) is 15.9 Å². The molecule has 1 aliphatic rings. The van der Waals surface area contributed by atoms with Crippen molar-refractivity contribution < 1.29 is 18.1 Å². The van der Waals surface area contributed by atoms with Gasteiger partial charge in [0.05, 0.1) is 9.82 Å². The number of anilines is 1. The van der Waals surface area contributed by atoms with E-state index in [1.165, 1.54) is 17.0 Å². The molecule has 1 fully saturated rings. The molecule has 1 atom stereocenters. The number of carbonyl (C=O) groups excluding carboxylic acids is 1. The summed E-state index contributed by atoms with van der Waals surface area (Å²) in [5.41, 5.74) is -0.789. The maximum absolute atomic E-state index is 12.5. The van der Waals surface area contributed by atoms with Gasteiger partial charge in [-0.1, -0.05) is 0 Å². The number of benzene rings is 1. The average Bonchev–Trinajstić information content (AvgIpc) is 3.00. The van der Waals surface area contributed by atoms with Gasteiger partial charge in [-0.25, -0.2) is 13.1 Å². The molecule has 10 heteroatoms. The largest absolute Gasteiger partial charge is 0.354 e. The third-order valence-electron chi connectivity index (χ3n) is 4.18. The number of nitro groups is 1. The van der Waals surface area contributed by atoms with Crippen LogP contribution in [-0.2, 0) is 14.8 Å². The minimum absolute atomic E-state index is 0.132. The molecule has 0 bridgehead atoms. The summed E-state index contributed by atoms with van der Waals surface area (Å²) in [5.74, 6) is -0.132. The van der Waals surface area contributed by atoms with Crippen molar-refractivity contribution >= 4 is 27.3 Å². The van der Waals surface area contributed by atoms with Gasteiger partial charge in [-0.15, -0.1) is 0 Å². The van der Waals surface area contributed by atoms with Crippen LogP contribution < -0.4 is 9.62 Å². The van der Waals surface area contributed by atoms with E-state index in [1.807, 2.05) is 0 Å². The van der Waals surface area contributed by atoms with Gasteiger partial charge in [0.1, 0.15) is 11.7 Å². The monoisotopic (exact) mass is 398 g/mol. The van der Waals surface area contributed by atoms with Gasteiger partial charge in [0.25, 0.3) is 5.69 Å². The molecule has 150 valence electrons. The molecule has 0 radical (unpaired) electrons. The van der Waals surface area contributed by atoms with Gasteiger partial charge >= 0.3 is 0 Å². The SMILES string of the molecule is CN(C)C(=O)C1CCCN1c1ccc(S(=O)(=O)NC(C)(C)C)cc1[N+](=O)[O-]. The Balaban J connectivity index is 2.48. The first-order valence-corrected chi connectivity index (χ1v) is 10.1. The Morgan fingerprint density at radius 2 is 1.96 bits per heavy atom. The van der Waals surface area contributed by atoms with Gasteiger partial charge < -0.3 is 9.80 Å². The lowest BCUT2D eigenvalue weighted by atomic mass is 10.1. The highest BCUT2D eigenvalue weighted by atomic mass is 32.2. The van der Waals surface area contributed by atoms with Crippen LogP contribution in [0.25, 0.3) is 0 Å². The van der Waals surface area contributed by atoms with Crippen molar-refractivity contribution in [2.75, 3.05) is 25.5 Å². The molecule has 1 aromatic carbocycles. The van der Waals surface area contributed by atoms with Crippen molar-refractivity contribution in [3.63, 3.8) is 0 Å². The van der Waals surface area contributed by atoms with Crippen LogP contribution in [0.4, 0.5) is 11.4 Å². The zero-order valence-electron chi connectivity index (χ0n) is 16.2. The predicted molar refractivity (Wildman–Crippen MR) is 102 cm³/mol. The molecular weight excluding hydrogens is 372 g/mol. The minimum Gasteiger partial charge on any atom is -0.354 e. The number of rotatable bonds is 5. The molecule has 0 spiro atoms. The third-order valence-corrected chi connectivity index (χ3v) is 5.94. The summed E-state index contributed by atoms with van der Waals surface area (Å²) >= 11 is 0. The van der Waals surface area contributed by atoms with Crippen LogP contribution >= 0.6 is 0 Å². The maximum atomic E-state index is 12.5. The van der Waals surface area contributed by atoms with Crippen LogP contribution in [0.15, 0.2) is 23.1 Å². The van der Waals surface area contributed by atoms with Crippen LogP contribution in [0.2, 0.25) is 0 Å². The van der Waals surface area contributed by atoms with E-state index in [9.17, 15) is 23.3 Å². The van der Waals surface area contributed by atoms with Crippen LogP contribution in [0.5, 0.6) is 0 Å². The van der Waals surface area contributed by atoms with Crippen LogP contribution in [0, 0.1) is 10.1 Å². The minimum atomic E-state index is -3.91. The highest BCUT2D eigenvalue weighted by molar-refractivity contribution is 7.89. The van der Waals surface area contributed by atoms with Crippen molar-refractivity contribution in [1.29, 1.82) is 0 Å². The maximum Gasteiger partial charge on any atom is 0.293 e. The molecule has 0 aliphatic carbocycles. The highest BCUT2D eigenvalue weighted by Gasteiger charge is 2.36. The summed E-state index contributed by atoms with van der Waals surface area (Å²) in [7, 11) is -0.626. The first kappa shape index (κ1) is 21.1. The number of hydrogen-bond acceptors (Lipinski definition) is 6. The van der Waals surface area contributed by atoms with E-state index in [-0.39, 0.29) is 22.2 Å². The van der Waals surface area contributed by atoms with Crippen LogP contribution in [0.3, 0.4) is 0 Å². The molecule has 1 heterocycles. The fourth-order valence-corrected chi connectivity index (χ4v) is 4.57. The van der Waals surface area contributed by atoms with Gasteiger partial charge in [0, 0.05) is 32.2 Å². The number of likely N-dealkylation sites (N-methyl/N-ethyl adjacent to an activating group) is 1. The molecule has 27 heavy (non-hydrogen) atoms. The number of nitro benzene ring substituents is 1. The van der Waals surface area contributed by atoms with Crippen LogP contribution in [-0.4, -0.2) is 56.4 Å². The molecule has 1 aromatic rings. The molecular formula is C17H26N4O5S. The second-order valence-electron chi connectivity index (χ2n) is 7.85. The molecule has 1 amide bonds. The van der Waals surface area contributed by atoms with Crippen LogP contribution in [0.1, 0.15) is 33.6 Å². The summed E-state index contributed by atoms with van der Waals surface area (Å²) in [4.78, 5) is 26.4. The molecule has 0 aromatic heterocycles. The lowest BCUT2D eigenvalue weighted by Gasteiger charge is -2.28. The Kier molecular flexibility index (Phi) is 5.81. The fraction of sp³-hybridized carbons (Fsp3) is 0.588. The zero-order chi connectivity index (χ0) is 20.6. The van der Waals surface area contributed by atoms with E-state index in [1.54, 1.807) is 39.8 Å². The zero-order valence-corrected chi connectivity index (χ0v) is 17.0. The molecule has 0 saturated carbocycles. The van der Waals surface area contributed by atoms with Gasteiger partial charge in [-0.05, 0) is 45.7 Å². The first-order chi connectivity index (χ1) is 12.3. The predicted octanol–water partition coefficient (Wildman–Crippen LogP) is 1.73. The van der Waals surface area contributed by atoms with E-state index in [4.69, 9.17) is 0 Å². The Labute approximate surface area is 159 Å². The molecule has 9 nitrogen and oxygen atoms in total. The fourth-order valence-electron chi connectivity index (χ4n) is 3.13. The normalized spacial score (nSPS) is 17.8. The lowest BCUT2D eigenvalue weighted by Crippen LogP contribution is -2.43. The van der Waals surface area contributed by atoms with Gasteiger partial charge in [-0.3, -0.25) is 14.9 Å². The first-order valence-electron chi connectivity index (χ1n) is 8.64. The third kappa shape index (κ3) is 4.75. The lowest BCUT2D eigenvalue weighted by molar-refractivity contribution is -0.384. The van der Waals surface area contributed by atoms with Crippen molar-refractivity contribution in [3.05, 3.63) is 28.3 Å². The Hall–Kier alpha value is -2.20. The molecule has 1 N–H and O–H groups in total. The average molecular weight is 398 g/mol. The molecule has 1 saturated heterocycles. The van der Waals surface area contributed by atoms with E-state index in [0.717, 1.165) is 12.5 Å². The Bertz CT molecular complexity index is 845. The van der Waals surface area contributed by atoms with Crippen molar-refractivity contribution in [2.45, 2.75) is 50.1 Å². The smallest absolute Gasteiger partial charge is 0.293 e. The summed E-state index contributed by atoms with van der Waals surface area (Å²) in [6, 6.07) is 3.32.